The van der Waals surface area contributed by atoms with Crippen molar-refractivity contribution in [3.63, 3.8) is 0 Å². The van der Waals surface area contributed by atoms with Crippen molar-refractivity contribution in [2.45, 2.75) is 19.4 Å². The van der Waals surface area contributed by atoms with E-state index in [4.69, 9.17) is 27.9 Å². The van der Waals surface area contributed by atoms with Crippen molar-refractivity contribution in [3.8, 4) is 0 Å². The molecular formula is C17H13Cl2NO3. The van der Waals surface area contributed by atoms with Gasteiger partial charge in [-0.1, -0.05) is 40.9 Å². The Bertz CT molecular complexity index is 804. The minimum absolute atomic E-state index is 0.326. The van der Waals surface area contributed by atoms with Gasteiger partial charge in [0, 0.05) is 11.4 Å². The lowest BCUT2D eigenvalue weighted by molar-refractivity contribution is -0.125. The van der Waals surface area contributed by atoms with E-state index in [0.29, 0.717) is 27.7 Å². The van der Waals surface area contributed by atoms with Gasteiger partial charge in [0.25, 0.3) is 5.91 Å². The minimum atomic E-state index is -0.896. The summed E-state index contributed by atoms with van der Waals surface area (Å²) in [6, 6.07) is 10.2. The van der Waals surface area contributed by atoms with Crippen LogP contribution >= 0.6 is 23.2 Å². The molecule has 1 unspecified atom stereocenters. The average Bonchev–Trinajstić information content (AvgIpc) is 2.50. The number of hydrogen-bond donors (Lipinski definition) is 1. The molecule has 0 saturated carbocycles. The Hall–Kier alpha value is -2.04. The predicted molar refractivity (Wildman–Crippen MR) is 89.2 cm³/mol. The van der Waals surface area contributed by atoms with Gasteiger partial charge < -0.3 is 10.1 Å². The lowest BCUT2D eigenvalue weighted by atomic mass is 9.96. The van der Waals surface area contributed by atoms with E-state index in [1.165, 1.54) is 0 Å². The Morgan fingerprint density at radius 3 is 2.78 bits per heavy atom. The molecule has 1 N–H and O–H groups in total. The second kappa shape index (κ2) is 6.22. The van der Waals surface area contributed by atoms with Gasteiger partial charge >= 0.3 is 5.97 Å². The Balaban J connectivity index is 1.81. The fourth-order valence-corrected chi connectivity index (χ4v) is 2.81. The van der Waals surface area contributed by atoms with E-state index >= 15 is 0 Å². The summed E-state index contributed by atoms with van der Waals surface area (Å²) in [5.41, 5.74) is 2.71. The SMILES string of the molecule is Cc1ccc2c(c1)CC(C(=O)Nc1cc(Cl)ccc1Cl)OC2=O. The molecule has 0 aromatic heterocycles. The lowest BCUT2D eigenvalue weighted by Gasteiger charge is -2.24. The number of cyclic esters (lactones) is 1. The molecule has 2 aromatic rings. The molecule has 4 nitrogen and oxygen atoms in total. The van der Waals surface area contributed by atoms with Crippen molar-refractivity contribution >= 4 is 40.8 Å². The number of benzene rings is 2. The summed E-state index contributed by atoms with van der Waals surface area (Å²) in [7, 11) is 0. The fraction of sp³-hybridized carbons (Fsp3) is 0.176. The number of nitrogens with one attached hydrogen (secondary N) is 1. The predicted octanol–water partition coefficient (Wildman–Crippen LogP) is 4.02. The van der Waals surface area contributed by atoms with Crippen LogP contribution in [0.5, 0.6) is 0 Å². The van der Waals surface area contributed by atoms with Crippen LogP contribution in [0.4, 0.5) is 5.69 Å². The molecule has 2 aromatic carbocycles. The number of halogens is 2. The number of fused-ring (bicyclic) bond motifs is 1. The van der Waals surface area contributed by atoms with Crippen molar-refractivity contribution in [2.75, 3.05) is 5.32 Å². The van der Waals surface area contributed by atoms with Gasteiger partial charge in [-0.2, -0.15) is 0 Å². The summed E-state index contributed by atoms with van der Waals surface area (Å²) < 4.78 is 5.23. The van der Waals surface area contributed by atoms with Crippen molar-refractivity contribution in [1.82, 2.24) is 0 Å². The molecule has 0 radical (unpaired) electrons. The molecule has 6 heteroatoms. The standard InChI is InChI=1S/C17H13Cl2NO3/c1-9-2-4-12-10(6-9)7-15(23-17(12)22)16(21)20-14-8-11(18)3-5-13(14)19/h2-6,8,15H,7H2,1H3,(H,20,21). The first-order valence-electron chi connectivity index (χ1n) is 7.00. The topological polar surface area (TPSA) is 55.4 Å². The largest absolute Gasteiger partial charge is 0.448 e. The molecule has 0 fully saturated rings. The lowest BCUT2D eigenvalue weighted by Crippen LogP contribution is -2.38. The zero-order valence-corrected chi connectivity index (χ0v) is 13.7. The van der Waals surface area contributed by atoms with Crippen molar-refractivity contribution in [1.29, 1.82) is 0 Å². The summed E-state index contributed by atoms with van der Waals surface area (Å²) in [6.45, 7) is 1.93. The number of ether oxygens (including phenoxy) is 1. The van der Waals surface area contributed by atoms with E-state index in [0.717, 1.165) is 11.1 Å². The van der Waals surface area contributed by atoms with Crippen molar-refractivity contribution < 1.29 is 14.3 Å². The van der Waals surface area contributed by atoms with E-state index in [1.807, 2.05) is 19.1 Å². The summed E-state index contributed by atoms with van der Waals surface area (Å²) in [5, 5.41) is 3.47. The number of amides is 1. The molecule has 3 rings (SSSR count). The monoisotopic (exact) mass is 349 g/mol. The maximum Gasteiger partial charge on any atom is 0.339 e. The van der Waals surface area contributed by atoms with Gasteiger partial charge in [-0.15, -0.1) is 0 Å². The zero-order chi connectivity index (χ0) is 16.6. The Morgan fingerprint density at radius 2 is 2.00 bits per heavy atom. The number of aryl methyl sites for hydroxylation is 1. The van der Waals surface area contributed by atoms with Crippen LogP contribution in [0.25, 0.3) is 0 Å². The average molecular weight is 350 g/mol. The summed E-state index contributed by atoms with van der Waals surface area (Å²) in [4.78, 5) is 24.4. The Kier molecular flexibility index (Phi) is 4.28. The van der Waals surface area contributed by atoms with Crippen LogP contribution in [0.1, 0.15) is 21.5 Å². The minimum Gasteiger partial charge on any atom is -0.448 e. The quantitative estimate of drug-likeness (QED) is 0.833. The number of rotatable bonds is 2. The van der Waals surface area contributed by atoms with Crippen LogP contribution in [-0.4, -0.2) is 18.0 Å². The highest BCUT2D eigenvalue weighted by Gasteiger charge is 2.31. The van der Waals surface area contributed by atoms with Gasteiger partial charge in [-0.3, -0.25) is 4.79 Å². The van der Waals surface area contributed by atoms with E-state index in [-0.39, 0.29) is 0 Å². The maximum atomic E-state index is 12.4. The first kappa shape index (κ1) is 15.8. The third kappa shape index (κ3) is 3.33. The first-order valence-corrected chi connectivity index (χ1v) is 7.76. The third-order valence-electron chi connectivity index (χ3n) is 3.61. The molecular weight excluding hydrogens is 337 g/mol. The Morgan fingerprint density at radius 1 is 1.22 bits per heavy atom. The van der Waals surface area contributed by atoms with Gasteiger partial charge in [0.05, 0.1) is 16.3 Å². The van der Waals surface area contributed by atoms with Gasteiger partial charge in [-0.25, -0.2) is 4.79 Å². The molecule has 0 aliphatic carbocycles. The molecule has 1 amide bonds. The van der Waals surface area contributed by atoms with E-state index in [2.05, 4.69) is 5.32 Å². The highest BCUT2D eigenvalue weighted by molar-refractivity contribution is 6.35. The molecule has 1 aliphatic heterocycles. The second-order valence-electron chi connectivity index (χ2n) is 5.37. The number of anilines is 1. The fourth-order valence-electron chi connectivity index (χ4n) is 2.48. The normalized spacial score (nSPS) is 16.5. The van der Waals surface area contributed by atoms with Gasteiger partial charge in [0.2, 0.25) is 0 Å². The maximum absolute atomic E-state index is 12.4. The zero-order valence-electron chi connectivity index (χ0n) is 12.2. The second-order valence-corrected chi connectivity index (χ2v) is 6.22. The molecule has 118 valence electrons. The smallest absolute Gasteiger partial charge is 0.339 e. The number of carbonyl (C=O) groups is 2. The molecule has 0 bridgehead atoms. The summed E-state index contributed by atoms with van der Waals surface area (Å²) in [6.07, 6.45) is -0.570. The van der Waals surface area contributed by atoms with Gasteiger partial charge in [0.1, 0.15) is 0 Å². The van der Waals surface area contributed by atoms with Gasteiger partial charge in [-0.05, 0) is 36.8 Å². The molecule has 1 atom stereocenters. The van der Waals surface area contributed by atoms with Crippen molar-refractivity contribution in [2.24, 2.45) is 0 Å². The van der Waals surface area contributed by atoms with Crippen LogP contribution < -0.4 is 5.32 Å². The molecule has 23 heavy (non-hydrogen) atoms. The van der Waals surface area contributed by atoms with Crippen LogP contribution in [0.3, 0.4) is 0 Å². The summed E-state index contributed by atoms with van der Waals surface area (Å²) >= 11 is 11.9. The highest BCUT2D eigenvalue weighted by atomic mass is 35.5. The third-order valence-corrected chi connectivity index (χ3v) is 4.18. The number of esters is 1. The highest BCUT2D eigenvalue weighted by Crippen LogP contribution is 2.27. The van der Waals surface area contributed by atoms with Crippen LogP contribution in [0.2, 0.25) is 10.0 Å². The van der Waals surface area contributed by atoms with E-state index in [1.54, 1.807) is 24.3 Å². The van der Waals surface area contributed by atoms with E-state index in [9.17, 15) is 9.59 Å². The van der Waals surface area contributed by atoms with Crippen LogP contribution in [-0.2, 0) is 16.0 Å². The first-order chi connectivity index (χ1) is 10.9. The summed E-state index contributed by atoms with van der Waals surface area (Å²) in [5.74, 6) is -0.932. The number of hydrogen-bond acceptors (Lipinski definition) is 3. The van der Waals surface area contributed by atoms with Crippen molar-refractivity contribution in [3.05, 3.63) is 63.1 Å². The van der Waals surface area contributed by atoms with E-state index < -0.39 is 18.0 Å². The number of carbonyl (C=O) groups excluding carboxylic acids is 2. The molecule has 1 aliphatic rings. The van der Waals surface area contributed by atoms with Crippen LogP contribution in [0.15, 0.2) is 36.4 Å². The van der Waals surface area contributed by atoms with Gasteiger partial charge in [0.15, 0.2) is 6.10 Å². The Labute approximate surface area is 143 Å². The molecule has 0 spiro atoms. The molecule has 1 heterocycles. The molecule has 0 saturated heterocycles. The van der Waals surface area contributed by atoms with Crippen LogP contribution in [0, 0.1) is 6.92 Å².